The zero-order valence-electron chi connectivity index (χ0n) is 12.0. The molecule has 2 nitrogen and oxygen atoms in total. The van der Waals surface area contributed by atoms with E-state index < -0.39 is 0 Å². The van der Waals surface area contributed by atoms with Crippen LogP contribution in [0.4, 0.5) is 5.69 Å². The number of nitrogens with zero attached hydrogens (tertiary/aromatic N) is 1. The quantitative estimate of drug-likeness (QED) is 0.892. The zero-order chi connectivity index (χ0) is 13.9. The standard InChI is InChI=1S/C16H24ClNO/c1-3-16(4-2)8-10-18(11-9-16)15-7-5-6-14(17)13(15)12-19/h5-7,19H,3-4,8-12H2,1-2H3. The Balaban J connectivity index is 2.16. The normalized spacial score (nSPS) is 18.6. The third-order valence-corrected chi connectivity index (χ3v) is 5.27. The predicted octanol–water partition coefficient (Wildman–Crippen LogP) is 4.24. The van der Waals surface area contributed by atoms with Gasteiger partial charge in [-0.05, 0) is 30.4 Å². The van der Waals surface area contributed by atoms with Crippen molar-refractivity contribution >= 4 is 17.3 Å². The van der Waals surface area contributed by atoms with Gasteiger partial charge in [-0.2, -0.15) is 0 Å². The number of aliphatic hydroxyl groups excluding tert-OH is 1. The van der Waals surface area contributed by atoms with Crippen LogP contribution < -0.4 is 4.90 Å². The van der Waals surface area contributed by atoms with Gasteiger partial charge in [0.15, 0.2) is 0 Å². The zero-order valence-corrected chi connectivity index (χ0v) is 12.7. The van der Waals surface area contributed by atoms with Gasteiger partial charge in [0.1, 0.15) is 0 Å². The molecule has 0 amide bonds. The fourth-order valence-electron chi connectivity index (χ4n) is 3.18. The van der Waals surface area contributed by atoms with E-state index in [1.807, 2.05) is 12.1 Å². The number of piperidine rings is 1. The maximum absolute atomic E-state index is 9.51. The molecule has 1 heterocycles. The molecule has 1 aliphatic rings. The van der Waals surface area contributed by atoms with Crippen LogP contribution in [0.3, 0.4) is 0 Å². The van der Waals surface area contributed by atoms with Crippen LogP contribution in [0.5, 0.6) is 0 Å². The van der Waals surface area contributed by atoms with Gasteiger partial charge in [-0.1, -0.05) is 44.4 Å². The summed E-state index contributed by atoms with van der Waals surface area (Å²) in [6.45, 7) is 6.75. The van der Waals surface area contributed by atoms with Gasteiger partial charge in [-0.25, -0.2) is 0 Å². The topological polar surface area (TPSA) is 23.5 Å². The summed E-state index contributed by atoms with van der Waals surface area (Å²) in [5, 5.41) is 10.2. The first-order valence-corrected chi connectivity index (χ1v) is 7.67. The monoisotopic (exact) mass is 281 g/mol. The molecule has 1 N–H and O–H groups in total. The second-order valence-electron chi connectivity index (χ2n) is 5.59. The van der Waals surface area contributed by atoms with Gasteiger partial charge in [0.05, 0.1) is 6.61 Å². The van der Waals surface area contributed by atoms with E-state index in [-0.39, 0.29) is 6.61 Å². The van der Waals surface area contributed by atoms with Crippen LogP contribution in [0.15, 0.2) is 18.2 Å². The molecule has 19 heavy (non-hydrogen) atoms. The van der Waals surface area contributed by atoms with Gasteiger partial charge in [-0.15, -0.1) is 0 Å². The lowest BCUT2D eigenvalue weighted by Gasteiger charge is -2.42. The van der Waals surface area contributed by atoms with E-state index in [1.165, 1.54) is 25.7 Å². The molecule has 1 aliphatic heterocycles. The second-order valence-corrected chi connectivity index (χ2v) is 6.00. The minimum Gasteiger partial charge on any atom is -0.392 e. The van der Waals surface area contributed by atoms with Crippen molar-refractivity contribution in [2.75, 3.05) is 18.0 Å². The summed E-state index contributed by atoms with van der Waals surface area (Å²) >= 11 is 6.17. The van der Waals surface area contributed by atoms with E-state index in [2.05, 4.69) is 24.8 Å². The number of anilines is 1. The molecule has 106 valence electrons. The van der Waals surface area contributed by atoms with Crippen molar-refractivity contribution in [3.8, 4) is 0 Å². The number of hydrogen-bond donors (Lipinski definition) is 1. The van der Waals surface area contributed by atoms with Crippen molar-refractivity contribution in [3.63, 3.8) is 0 Å². The van der Waals surface area contributed by atoms with E-state index in [0.29, 0.717) is 10.4 Å². The van der Waals surface area contributed by atoms with Gasteiger partial charge in [0, 0.05) is 29.4 Å². The van der Waals surface area contributed by atoms with Gasteiger partial charge >= 0.3 is 0 Å². The van der Waals surface area contributed by atoms with E-state index in [1.54, 1.807) is 0 Å². The molecule has 3 heteroatoms. The maximum atomic E-state index is 9.51. The third-order valence-electron chi connectivity index (χ3n) is 4.92. The highest BCUT2D eigenvalue weighted by Crippen LogP contribution is 2.40. The summed E-state index contributed by atoms with van der Waals surface area (Å²) in [4.78, 5) is 2.38. The predicted molar refractivity (Wildman–Crippen MR) is 81.8 cm³/mol. The summed E-state index contributed by atoms with van der Waals surface area (Å²) in [7, 11) is 0. The van der Waals surface area contributed by atoms with Crippen LogP contribution in [0.25, 0.3) is 0 Å². The smallest absolute Gasteiger partial charge is 0.0716 e. The molecule has 1 aromatic carbocycles. The molecule has 0 atom stereocenters. The average Bonchev–Trinajstić information content (AvgIpc) is 2.47. The van der Waals surface area contributed by atoms with Gasteiger partial charge in [0.25, 0.3) is 0 Å². The molecule has 0 unspecified atom stereocenters. The highest BCUT2D eigenvalue weighted by atomic mass is 35.5. The SMILES string of the molecule is CCC1(CC)CCN(c2cccc(Cl)c2CO)CC1. The fourth-order valence-corrected chi connectivity index (χ4v) is 3.41. The molecule has 1 fully saturated rings. The Kier molecular flexibility index (Phi) is 4.75. The molecule has 2 rings (SSSR count). The molecule has 0 spiro atoms. The summed E-state index contributed by atoms with van der Waals surface area (Å²) in [6, 6.07) is 5.89. The molecule has 0 aromatic heterocycles. The van der Waals surface area contributed by atoms with Gasteiger partial charge in [0.2, 0.25) is 0 Å². The van der Waals surface area contributed by atoms with Crippen LogP contribution in [-0.2, 0) is 6.61 Å². The van der Waals surface area contributed by atoms with E-state index >= 15 is 0 Å². The summed E-state index contributed by atoms with van der Waals surface area (Å²) < 4.78 is 0. The lowest BCUT2D eigenvalue weighted by Crippen LogP contribution is -2.40. The largest absolute Gasteiger partial charge is 0.392 e. The van der Waals surface area contributed by atoms with Crippen molar-refractivity contribution in [2.45, 2.75) is 46.1 Å². The van der Waals surface area contributed by atoms with Crippen molar-refractivity contribution in [2.24, 2.45) is 5.41 Å². The molecule has 0 saturated carbocycles. The molecule has 1 aromatic rings. The van der Waals surface area contributed by atoms with Gasteiger partial charge in [-0.3, -0.25) is 0 Å². The van der Waals surface area contributed by atoms with Crippen molar-refractivity contribution in [3.05, 3.63) is 28.8 Å². The first-order chi connectivity index (χ1) is 9.15. The molecule has 0 bridgehead atoms. The van der Waals surface area contributed by atoms with Crippen LogP contribution in [-0.4, -0.2) is 18.2 Å². The Morgan fingerprint density at radius 2 is 1.84 bits per heavy atom. The molecular weight excluding hydrogens is 258 g/mol. The lowest BCUT2D eigenvalue weighted by molar-refractivity contribution is 0.199. The van der Waals surface area contributed by atoms with Crippen LogP contribution in [0.2, 0.25) is 5.02 Å². The number of benzene rings is 1. The first kappa shape index (κ1) is 14.7. The number of halogens is 1. The van der Waals surface area contributed by atoms with Crippen LogP contribution in [0.1, 0.15) is 45.1 Å². The average molecular weight is 282 g/mol. The summed E-state index contributed by atoms with van der Waals surface area (Å²) in [5.74, 6) is 0. The minimum atomic E-state index is 0.0121. The van der Waals surface area contributed by atoms with Crippen molar-refractivity contribution in [1.82, 2.24) is 0 Å². The van der Waals surface area contributed by atoms with Crippen LogP contribution >= 0.6 is 11.6 Å². The Bertz CT molecular complexity index is 419. The second kappa shape index (κ2) is 6.15. The first-order valence-electron chi connectivity index (χ1n) is 7.29. The Hall–Kier alpha value is -0.730. The number of hydrogen-bond acceptors (Lipinski definition) is 2. The van der Waals surface area contributed by atoms with E-state index in [9.17, 15) is 5.11 Å². The van der Waals surface area contributed by atoms with E-state index in [0.717, 1.165) is 24.3 Å². The highest BCUT2D eigenvalue weighted by Gasteiger charge is 2.31. The minimum absolute atomic E-state index is 0.0121. The molecule has 1 saturated heterocycles. The third kappa shape index (κ3) is 2.90. The Labute approximate surface area is 121 Å². The van der Waals surface area contributed by atoms with Crippen molar-refractivity contribution < 1.29 is 5.11 Å². The number of aliphatic hydroxyl groups is 1. The Morgan fingerprint density at radius 3 is 2.37 bits per heavy atom. The molecule has 0 radical (unpaired) electrons. The maximum Gasteiger partial charge on any atom is 0.0716 e. The molecular formula is C16H24ClNO. The van der Waals surface area contributed by atoms with Crippen molar-refractivity contribution in [1.29, 1.82) is 0 Å². The Morgan fingerprint density at radius 1 is 1.21 bits per heavy atom. The van der Waals surface area contributed by atoms with Crippen LogP contribution in [0, 0.1) is 5.41 Å². The summed E-state index contributed by atoms with van der Waals surface area (Å²) in [6.07, 6.45) is 4.99. The van der Waals surface area contributed by atoms with Gasteiger partial charge < -0.3 is 10.0 Å². The number of rotatable bonds is 4. The summed E-state index contributed by atoms with van der Waals surface area (Å²) in [5.41, 5.74) is 2.49. The lowest BCUT2D eigenvalue weighted by atomic mass is 9.74. The molecule has 0 aliphatic carbocycles. The fraction of sp³-hybridized carbons (Fsp3) is 0.625. The van der Waals surface area contributed by atoms with E-state index in [4.69, 9.17) is 11.6 Å². The highest BCUT2D eigenvalue weighted by molar-refractivity contribution is 6.31.